The van der Waals surface area contributed by atoms with Gasteiger partial charge in [-0.2, -0.15) is 0 Å². The molecule has 2 aromatic carbocycles. The topological polar surface area (TPSA) is 135 Å². The maximum absolute atomic E-state index is 13.2. The second-order valence-electron chi connectivity index (χ2n) is 7.43. The molecule has 9 nitrogen and oxygen atoms in total. The second-order valence-corrected chi connectivity index (χ2v) is 8.62. The number of hydrogen-bond acceptors (Lipinski definition) is 7. The summed E-state index contributed by atoms with van der Waals surface area (Å²) in [6.07, 6.45) is 2.01. The van der Waals surface area contributed by atoms with Gasteiger partial charge in [-0.3, -0.25) is 14.8 Å². The van der Waals surface area contributed by atoms with Gasteiger partial charge < -0.3 is 19.0 Å². The third-order valence-electron chi connectivity index (χ3n) is 4.91. The molecule has 1 atom stereocenters. The van der Waals surface area contributed by atoms with Crippen LogP contribution in [0.15, 0.2) is 77.4 Å². The molecule has 1 unspecified atom stereocenters. The summed E-state index contributed by atoms with van der Waals surface area (Å²) >= 11 is 0. The molecule has 2 aromatic heterocycles. The van der Waals surface area contributed by atoms with Crippen molar-refractivity contribution in [1.82, 2.24) is 5.16 Å². The molecule has 0 aliphatic rings. The van der Waals surface area contributed by atoms with Crippen LogP contribution in [0.25, 0.3) is 11.3 Å². The first-order valence-corrected chi connectivity index (χ1v) is 11.6. The molecule has 34 heavy (non-hydrogen) atoms. The molecule has 0 saturated heterocycles. The fourth-order valence-corrected chi connectivity index (χ4v) is 3.50. The predicted octanol–water partition coefficient (Wildman–Crippen LogP) is 2.96. The molecule has 0 saturated carbocycles. The van der Waals surface area contributed by atoms with Crippen molar-refractivity contribution in [3.63, 3.8) is 0 Å². The molecule has 0 spiro atoms. The Morgan fingerprint density at radius 3 is 2.62 bits per heavy atom. The van der Waals surface area contributed by atoms with E-state index in [9.17, 15) is 13.8 Å². The molecule has 0 amide bonds. The number of halogens is 1. The first kappa shape index (κ1) is 23.6. The number of anilines is 1. The van der Waals surface area contributed by atoms with Gasteiger partial charge in [0, 0.05) is 18.6 Å². The monoisotopic (exact) mass is 485 g/mol. The zero-order valence-electron chi connectivity index (χ0n) is 17.8. The highest BCUT2D eigenvalue weighted by Gasteiger charge is 2.18. The van der Waals surface area contributed by atoms with E-state index in [4.69, 9.17) is 19.9 Å². The minimum atomic E-state index is -4.88. The fraction of sp³-hybridized carbons (Fsp3) is 0.130. The quantitative estimate of drug-likeness (QED) is 0.273. The van der Waals surface area contributed by atoms with Crippen molar-refractivity contribution in [3.8, 4) is 17.1 Å². The number of benzene rings is 2. The summed E-state index contributed by atoms with van der Waals surface area (Å²) in [6, 6.07) is 18.8. The summed E-state index contributed by atoms with van der Waals surface area (Å²) in [5, 5.41) is 4.08. The van der Waals surface area contributed by atoms with E-state index in [1.54, 1.807) is 30.3 Å². The Morgan fingerprint density at radius 2 is 1.88 bits per heavy atom. The summed E-state index contributed by atoms with van der Waals surface area (Å²) in [5.41, 5.74) is 9.18. The van der Waals surface area contributed by atoms with Crippen LogP contribution in [0.2, 0.25) is 0 Å². The maximum atomic E-state index is 13.2. The number of nitrogen functional groups attached to an aromatic ring is 1. The zero-order valence-corrected chi connectivity index (χ0v) is 18.7. The summed E-state index contributed by atoms with van der Waals surface area (Å²) in [6.45, 7) is -0.167. The predicted molar refractivity (Wildman–Crippen MR) is 117 cm³/mol. The van der Waals surface area contributed by atoms with E-state index in [0.29, 0.717) is 35.8 Å². The van der Waals surface area contributed by atoms with Crippen LogP contribution in [0, 0.1) is 5.82 Å². The van der Waals surface area contributed by atoms with E-state index >= 15 is 0 Å². The Morgan fingerprint density at radius 1 is 1.12 bits per heavy atom. The standard InChI is InChI=1S/C23H21FN3O6P/c24-18-3-1-4-20(12-18)31-14-17-8-6-16(7-9-17)11-19-13-22(33-26-19)21-5-2-10-27(23(21)25)15-32-34(28,29)30/h1-10,12-13,25H,11,14-15H2,(H2,28,29,30). The number of hydrogen-bond donors (Lipinski definition) is 2. The van der Waals surface area contributed by atoms with Crippen LogP contribution in [0.4, 0.5) is 10.2 Å². The van der Waals surface area contributed by atoms with Crippen molar-refractivity contribution in [1.29, 1.82) is 0 Å². The summed E-state index contributed by atoms with van der Waals surface area (Å²) in [4.78, 5) is 19.6. The Bertz CT molecular complexity index is 1320. The first-order chi connectivity index (χ1) is 16.3. The number of ether oxygens (including phenoxy) is 1. The molecule has 4 aromatic rings. The average Bonchev–Trinajstić information content (AvgIpc) is 3.25. The summed E-state index contributed by atoms with van der Waals surface area (Å²) in [7, 11) is -4.88. The number of pyridine rings is 1. The minimum Gasteiger partial charge on any atom is -0.756 e. The van der Waals surface area contributed by atoms with Crippen molar-refractivity contribution in [2.45, 2.75) is 19.8 Å². The van der Waals surface area contributed by atoms with Gasteiger partial charge in [-0.15, -0.1) is 0 Å². The van der Waals surface area contributed by atoms with E-state index < -0.39 is 14.6 Å². The molecular formula is C23H21FN3O6P. The van der Waals surface area contributed by atoms with E-state index in [1.165, 1.54) is 22.9 Å². The smallest absolute Gasteiger partial charge is 0.285 e. The van der Waals surface area contributed by atoms with Crippen molar-refractivity contribution >= 4 is 13.6 Å². The van der Waals surface area contributed by atoms with Gasteiger partial charge in [0.15, 0.2) is 12.5 Å². The Hall–Kier alpha value is -3.56. The highest BCUT2D eigenvalue weighted by Crippen LogP contribution is 2.30. The van der Waals surface area contributed by atoms with Gasteiger partial charge in [0.05, 0.1) is 11.9 Å². The molecule has 0 aliphatic heterocycles. The van der Waals surface area contributed by atoms with Crippen LogP contribution in [-0.2, 0) is 28.8 Å². The highest BCUT2D eigenvalue weighted by molar-refractivity contribution is 7.44. The SMILES string of the molecule is Nc1c(-c2cc(Cc3ccc(COc4cccc(F)c4)cc3)no2)ccc[n+]1COP(=O)([O-])O. The van der Waals surface area contributed by atoms with Crippen molar-refractivity contribution in [2.24, 2.45) is 0 Å². The van der Waals surface area contributed by atoms with Crippen LogP contribution < -0.4 is 19.9 Å². The van der Waals surface area contributed by atoms with E-state index in [0.717, 1.165) is 11.1 Å². The largest absolute Gasteiger partial charge is 0.756 e. The van der Waals surface area contributed by atoms with Crippen LogP contribution in [0.3, 0.4) is 0 Å². The van der Waals surface area contributed by atoms with Gasteiger partial charge in [0.1, 0.15) is 23.7 Å². The number of phosphoric acid groups is 1. The summed E-state index contributed by atoms with van der Waals surface area (Å²) < 4.78 is 40.8. The van der Waals surface area contributed by atoms with Crippen LogP contribution in [0.1, 0.15) is 16.8 Å². The third kappa shape index (κ3) is 6.27. The van der Waals surface area contributed by atoms with E-state index in [2.05, 4.69) is 9.68 Å². The molecule has 4 rings (SSSR count). The van der Waals surface area contributed by atoms with Crippen molar-refractivity contribution in [3.05, 3.63) is 95.6 Å². The van der Waals surface area contributed by atoms with Gasteiger partial charge in [0.2, 0.25) is 0 Å². The van der Waals surface area contributed by atoms with Gasteiger partial charge in [-0.05, 0) is 35.4 Å². The maximum Gasteiger partial charge on any atom is 0.285 e. The molecule has 2 heterocycles. The lowest BCUT2D eigenvalue weighted by molar-refractivity contribution is -0.712. The van der Waals surface area contributed by atoms with Crippen LogP contribution in [0.5, 0.6) is 5.75 Å². The molecule has 3 N–H and O–H groups in total. The molecule has 0 fully saturated rings. The molecular weight excluding hydrogens is 464 g/mol. The first-order valence-electron chi connectivity index (χ1n) is 10.2. The van der Waals surface area contributed by atoms with Crippen LogP contribution in [-0.4, -0.2) is 10.1 Å². The van der Waals surface area contributed by atoms with E-state index in [-0.39, 0.29) is 11.6 Å². The minimum absolute atomic E-state index is 0.182. The Labute approximate surface area is 194 Å². The van der Waals surface area contributed by atoms with Crippen molar-refractivity contribution < 1.29 is 37.1 Å². The lowest BCUT2D eigenvalue weighted by Crippen LogP contribution is -2.38. The third-order valence-corrected chi connectivity index (χ3v) is 5.35. The number of nitrogens with zero attached hydrogens (tertiary/aromatic N) is 2. The average molecular weight is 485 g/mol. The Kier molecular flexibility index (Phi) is 7.04. The fourth-order valence-electron chi connectivity index (χ4n) is 3.23. The lowest BCUT2D eigenvalue weighted by Gasteiger charge is -2.14. The van der Waals surface area contributed by atoms with Gasteiger partial charge in [-0.25, -0.2) is 8.96 Å². The number of aromatic nitrogens is 2. The summed E-state index contributed by atoms with van der Waals surface area (Å²) in [5.74, 6) is 0.696. The lowest BCUT2D eigenvalue weighted by atomic mass is 10.1. The molecule has 0 radical (unpaired) electrons. The molecule has 176 valence electrons. The zero-order chi connectivity index (χ0) is 24.1. The normalized spacial score (nSPS) is 12.9. The van der Waals surface area contributed by atoms with Gasteiger partial charge >= 0.3 is 0 Å². The number of rotatable bonds is 9. The van der Waals surface area contributed by atoms with Gasteiger partial charge in [-0.1, -0.05) is 35.5 Å². The molecule has 0 bridgehead atoms. The van der Waals surface area contributed by atoms with Crippen LogP contribution >= 0.6 is 7.82 Å². The van der Waals surface area contributed by atoms with E-state index in [1.807, 2.05) is 24.3 Å². The molecule has 11 heteroatoms. The highest BCUT2D eigenvalue weighted by atomic mass is 31.2. The number of nitrogens with two attached hydrogens (primary N) is 1. The van der Waals surface area contributed by atoms with Crippen molar-refractivity contribution in [2.75, 3.05) is 5.73 Å². The molecule has 0 aliphatic carbocycles. The Balaban J connectivity index is 1.40. The number of phosphoric ester groups is 1. The van der Waals surface area contributed by atoms with Gasteiger partial charge in [0.25, 0.3) is 13.6 Å². The second kappa shape index (κ2) is 10.1.